The van der Waals surface area contributed by atoms with Gasteiger partial charge in [-0.15, -0.1) is 0 Å². The Labute approximate surface area is 153 Å². The Morgan fingerprint density at radius 3 is 2.59 bits per heavy atom. The van der Waals surface area contributed by atoms with Crippen LogP contribution in [0.1, 0.15) is 43.7 Å². The number of rotatable bonds is 9. The minimum atomic E-state index is -2.98. The molecule has 0 saturated heterocycles. The predicted molar refractivity (Wildman–Crippen MR) is 86.7 cm³/mol. The molecular weight excluding hydrogens is 370 g/mol. The van der Waals surface area contributed by atoms with E-state index in [-0.39, 0.29) is 18.5 Å². The molecule has 1 amide bonds. The van der Waals surface area contributed by atoms with Crippen molar-refractivity contribution in [2.45, 2.75) is 62.4 Å². The van der Waals surface area contributed by atoms with Gasteiger partial charge in [0.05, 0.1) is 30.8 Å². The van der Waals surface area contributed by atoms with Crippen LogP contribution in [-0.2, 0) is 9.53 Å². The van der Waals surface area contributed by atoms with Crippen molar-refractivity contribution in [3.8, 4) is 5.75 Å². The number of amides is 1. The van der Waals surface area contributed by atoms with Gasteiger partial charge in [0.2, 0.25) is 5.91 Å². The number of carbonyl (C=O) groups excluding carboxylic acids is 1. The average Bonchev–Trinajstić information content (AvgIpc) is 3.32. The molecule has 5 nitrogen and oxygen atoms in total. The number of ether oxygens (including phenoxy) is 2. The Hall–Kier alpha value is -1.87. The molecule has 0 bridgehead atoms. The summed E-state index contributed by atoms with van der Waals surface area (Å²) in [4.78, 5) is 12.2. The molecule has 0 aliphatic heterocycles. The SMILES string of the molecule is O=C(CC1(O)CC(F)(F)C1)NC(COC1CC1)c1cccc(OC(F)F)c1. The van der Waals surface area contributed by atoms with E-state index in [1.54, 1.807) is 6.07 Å². The zero-order valence-electron chi connectivity index (χ0n) is 14.5. The maximum absolute atomic E-state index is 13.0. The summed E-state index contributed by atoms with van der Waals surface area (Å²) in [7, 11) is 0. The fourth-order valence-corrected chi connectivity index (χ4v) is 3.18. The summed E-state index contributed by atoms with van der Waals surface area (Å²) in [6.45, 7) is -2.88. The molecule has 0 radical (unpaired) electrons. The fourth-order valence-electron chi connectivity index (χ4n) is 3.18. The Balaban J connectivity index is 1.64. The van der Waals surface area contributed by atoms with Crippen molar-refractivity contribution < 1.29 is 36.9 Å². The van der Waals surface area contributed by atoms with Crippen molar-refractivity contribution in [1.82, 2.24) is 5.32 Å². The van der Waals surface area contributed by atoms with E-state index in [0.717, 1.165) is 12.8 Å². The van der Waals surface area contributed by atoms with Crippen molar-refractivity contribution in [2.24, 2.45) is 0 Å². The van der Waals surface area contributed by atoms with E-state index in [0.29, 0.717) is 5.56 Å². The van der Waals surface area contributed by atoms with Gasteiger partial charge in [-0.25, -0.2) is 8.78 Å². The predicted octanol–water partition coefficient (Wildman–Crippen LogP) is 3.17. The Bertz CT molecular complexity index is 673. The van der Waals surface area contributed by atoms with Gasteiger partial charge in [-0.2, -0.15) is 8.78 Å². The summed E-state index contributed by atoms with van der Waals surface area (Å²) in [6.07, 6.45) is -0.0635. The normalized spacial score (nSPS) is 21.4. The lowest BCUT2D eigenvalue weighted by Gasteiger charge is -2.42. The van der Waals surface area contributed by atoms with Gasteiger partial charge in [0.25, 0.3) is 5.92 Å². The van der Waals surface area contributed by atoms with Gasteiger partial charge in [-0.3, -0.25) is 4.79 Å². The molecule has 2 aliphatic carbocycles. The first-order chi connectivity index (χ1) is 12.6. The van der Waals surface area contributed by atoms with Gasteiger partial charge >= 0.3 is 6.61 Å². The van der Waals surface area contributed by atoms with Crippen LogP contribution in [0.3, 0.4) is 0 Å². The van der Waals surface area contributed by atoms with E-state index in [2.05, 4.69) is 10.1 Å². The first-order valence-corrected chi connectivity index (χ1v) is 8.70. The fraction of sp³-hybridized carbons (Fsp3) is 0.611. The quantitative estimate of drug-likeness (QED) is 0.635. The standard InChI is InChI=1S/C18H21F4NO4/c19-16(20)27-13-3-1-2-11(6-13)14(8-26-12-4-5-12)23-15(24)7-17(25)9-18(21,22)10-17/h1-3,6,12,14,16,25H,4-5,7-10H2,(H,23,24). The van der Waals surface area contributed by atoms with E-state index in [1.165, 1.54) is 18.2 Å². The lowest BCUT2D eigenvalue weighted by Crippen LogP contribution is -2.54. The van der Waals surface area contributed by atoms with Crippen LogP contribution in [0, 0.1) is 0 Å². The van der Waals surface area contributed by atoms with Crippen LogP contribution < -0.4 is 10.1 Å². The highest BCUT2D eigenvalue weighted by atomic mass is 19.3. The van der Waals surface area contributed by atoms with Gasteiger partial charge < -0.3 is 19.9 Å². The lowest BCUT2D eigenvalue weighted by atomic mass is 9.74. The van der Waals surface area contributed by atoms with Gasteiger partial charge in [-0.1, -0.05) is 12.1 Å². The zero-order valence-corrected chi connectivity index (χ0v) is 14.5. The first kappa shape index (κ1) is 19.9. The number of benzene rings is 1. The van der Waals surface area contributed by atoms with Crippen molar-refractivity contribution >= 4 is 5.91 Å². The highest BCUT2D eigenvalue weighted by molar-refractivity contribution is 5.77. The van der Waals surface area contributed by atoms with Gasteiger partial charge in [-0.05, 0) is 30.5 Å². The smallest absolute Gasteiger partial charge is 0.387 e. The molecule has 1 aromatic carbocycles. The molecule has 9 heteroatoms. The molecule has 1 aromatic rings. The van der Waals surface area contributed by atoms with E-state index in [9.17, 15) is 27.5 Å². The monoisotopic (exact) mass is 391 g/mol. The molecule has 27 heavy (non-hydrogen) atoms. The summed E-state index contributed by atoms with van der Waals surface area (Å²) in [5.74, 6) is -3.63. The zero-order chi connectivity index (χ0) is 19.7. The van der Waals surface area contributed by atoms with Gasteiger partial charge in [0, 0.05) is 12.8 Å². The van der Waals surface area contributed by atoms with E-state index < -0.39 is 49.3 Å². The van der Waals surface area contributed by atoms with Crippen molar-refractivity contribution in [3.05, 3.63) is 29.8 Å². The molecule has 3 rings (SSSR count). The number of nitrogens with one attached hydrogen (secondary N) is 1. The van der Waals surface area contributed by atoms with Crippen LogP contribution in [0.2, 0.25) is 0 Å². The second-order valence-electron chi connectivity index (χ2n) is 7.21. The second-order valence-corrected chi connectivity index (χ2v) is 7.21. The van der Waals surface area contributed by atoms with E-state index in [4.69, 9.17) is 4.74 Å². The molecule has 2 saturated carbocycles. The number of aliphatic hydroxyl groups is 1. The molecule has 0 aromatic heterocycles. The van der Waals surface area contributed by atoms with Crippen LogP contribution in [0.15, 0.2) is 24.3 Å². The molecule has 2 N–H and O–H groups in total. The molecule has 150 valence electrons. The molecule has 2 fully saturated rings. The summed E-state index contributed by atoms with van der Waals surface area (Å²) in [5, 5.41) is 12.6. The molecule has 0 spiro atoms. The van der Waals surface area contributed by atoms with Crippen molar-refractivity contribution in [3.63, 3.8) is 0 Å². The Morgan fingerprint density at radius 2 is 2.00 bits per heavy atom. The third-order valence-corrected chi connectivity index (χ3v) is 4.51. The largest absolute Gasteiger partial charge is 0.435 e. The van der Waals surface area contributed by atoms with Gasteiger partial charge in [0.1, 0.15) is 5.75 Å². The highest BCUT2D eigenvalue weighted by Gasteiger charge is 2.56. The number of hydrogen-bond donors (Lipinski definition) is 2. The number of halogens is 4. The van der Waals surface area contributed by atoms with Crippen molar-refractivity contribution in [1.29, 1.82) is 0 Å². The van der Waals surface area contributed by atoms with Gasteiger partial charge in [0.15, 0.2) is 0 Å². The van der Waals surface area contributed by atoms with Crippen LogP contribution in [0.4, 0.5) is 17.6 Å². The second kappa shape index (κ2) is 7.63. The first-order valence-electron chi connectivity index (χ1n) is 8.70. The minimum absolute atomic E-state index is 0.0644. The summed E-state index contributed by atoms with van der Waals surface area (Å²) < 4.78 is 60.8. The van der Waals surface area contributed by atoms with E-state index in [1.807, 2.05) is 0 Å². The average molecular weight is 391 g/mol. The third kappa shape index (κ3) is 5.80. The Morgan fingerprint density at radius 1 is 1.30 bits per heavy atom. The van der Waals surface area contributed by atoms with Crippen molar-refractivity contribution in [2.75, 3.05) is 6.61 Å². The minimum Gasteiger partial charge on any atom is -0.435 e. The lowest BCUT2D eigenvalue weighted by molar-refractivity contribution is -0.207. The molecular formula is C18H21F4NO4. The summed E-state index contributed by atoms with van der Waals surface area (Å²) >= 11 is 0. The Kier molecular flexibility index (Phi) is 5.62. The highest BCUT2D eigenvalue weighted by Crippen LogP contribution is 2.47. The molecule has 1 unspecified atom stereocenters. The third-order valence-electron chi connectivity index (χ3n) is 4.51. The van der Waals surface area contributed by atoms with Crippen LogP contribution in [0.5, 0.6) is 5.75 Å². The van der Waals surface area contributed by atoms with Crippen LogP contribution in [0.25, 0.3) is 0 Å². The summed E-state index contributed by atoms with van der Waals surface area (Å²) in [5.41, 5.74) is -1.25. The maximum atomic E-state index is 13.0. The number of carbonyl (C=O) groups is 1. The topological polar surface area (TPSA) is 67.8 Å². The number of alkyl halides is 4. The molecule has 0 heterocycles. The maximum Gasteiger partial charge on any atom is 0.387 e. The van der Waals surface area contributed by atoms with Crippen LogP contribution >= 0.6 is 0 Å². The van der Waals surface area contributed by atoms with Crippen LogP contribution in [-0.4, -0.2) is 41.9 Å². The summed E-state index contributed by atoms with van der Waals surface area (Å²) in [6, 6.07) is 5.16. The van der Waals surface area contributed by atoms with E-state index >= 15 is 0 Å². The number of hydrogen-bond acceptors (Lipinski definition) is 4. The molecule has 1 atom stereocenters. The molecule has 2 aliphatic rings.